The topological polar surface area (TPSA) is 263 Å². The Morgan fingerprint density at radius 3 is 2.00 bits per heavy atom. The SMILES string of the molecule is O=C([O-])C1=NN(c2ccc(S(=O)(=O)[O-])cc2)C(=O)C1N=Nc1cc(Nc2nc(Cl)nc(Cl)n2)ccc1S(=O)(=O)[O-].[Na+].[Na+].[Na+]. The molecule has 1 unspecified atom stereocenters. The summed E-state index contributed by atoms with van der Waals surface area (Å²) in [6.07, 6.45) is 0. The number of halogens is 2. The number of amides is 1. The Labute approximate surface area is 319 Å². The molecule has 43 heavy (non-hydrogen) atoms. The van der Waals surface area contributed by atoms with Gasteiger partial charge in [0.05, 0.1) is 21.4 Å². The molecule has 1 aliphatic heterocycles. The maximum Gasteiger partial charge on any atom is 1.00 e. The van der Waals surface area contributed by atoms with Crippen LogP contribution in [-0.2, 0) is 29.8 Å². The van der Waals surface area contributed by atoms with Crippen LogP contribution in [0.3, 0.4) is 0 Å². The number of aromatic nitrogens is 3. The van der Waals surface area contributed by atoms with Crippen molar-refractivity contribution in [2.24, 2.45) is 15.3 Å². The average molecular weight is 697 g/mol. The Balaban J connectivity index is 0.00000308. The van der Waals surface area contributed by atoms with Gasteiger partial charge in [-0.1, -0.05) is 0 Å². The fourth-order valence-corrected chi connectivity index (χ4v) is 4.58. The van der Waals surface area contributed by atoms with E-state index in [0.717, 1.165) is 42.5 Å². The molecule has 24 heteroatoms. The fraction of sp³-hybridized carbons (Fsp3) is 0.0526. The van der Waals surface area contributed by atoms with Crippen molar-refractivity contribution in [1.82, 2.24) is 15.0 Å². The first-order valence-corrected chi connectivity index (χ1v) is 13.8. The molecule has 17 nitrogen and oxygen atoms in total. The molecule has 1 amide bonds. The van der Waals surface area contributed by atoms with Crippen molar-refractivity contribution in [3.63, 3.8) is 0 Å². The first-order chi connectivity index (χ1) is 18.6. The zero-order valence-electron chi connectivity index (χ0n) is 22.0. The van der Waals surface area contributed by atoms with Crippen LogP contribution in [0.2, 0.25) is 10.6 Å². The molecule has 0 fully saturated rings. The van der Waals surface area contributed by atoms with Crippen molar-refractivity contribution < 1.29 is 129 Å². The first-order valence-electron chi connectivity index (χ1n) is 10.2. The molecular formula is C19H9Cl2N8Na3O9S2. The zero-order chi connectivity index (χ0) is 29.4. The van der Waals surface area contributed by atoms with E-state index in [0.29, 0.717) is 5.01 Å². The molecule has 0 bridgehead atoms. The molecule has 1 aliphatic rings. The van der Waals surface area contributed by atoms with Crippen molar-refractivity contribution in [3.05, 3.63) is 53.0 Å². The summed E-state index contributed by atoms with van der Waals surface area (Å²) in [5, 5.41) is 25.0. The second-order valence-corrected chi connectivity index (χ2v) is 10.9. The maximum atomic E-state index is 12.9. The zero-order valence-corrected chi connectivity index (χ0v) is 31.1. The molecule has 2 heterocycles. The molecule has 1 aromatic heterocycles. The number of aliphatic carboxylic acids is 1. The van der Waals surface area contributed by atoms with Gasteiger partial charge in [0.15, 0.2) is 6.04 Å². The van der Waals surface area contributed by atoms with Crippen molar-refractivity contribution in [2.75, 3.05) is 10.3 Å². The van der Waals surface area contributed by atoms with E-state index in [9.17, 15) is 40.6 Å². The first kappa shape index (κ1) is 39.9. The van der Waals surface area contributed by atoms with Crippen LogP contribution in [0, 0.1) is 0 Å². The summed E-state index contributed by atoms with van der Waals surface area (Å²) in [6, 6.07) is 4.77. The second-order valence-electron chi connectivity index (χ2n) is 7.45. The number of anilines is 3. The largest absolute Gasteiger partial charge is 1.00 e. The summed E-state index contributed by atoms with van der Waals surface area (Å²) in [6.45, 7) is 0. The molecule has 3 aromatic rings. The minimum atomic E-state index is -5.14. The third-order valence-corrected chi connectivity index (χ3v) is 6.91. The van der Waals surface area contributed by atoms with Gasteiger partial charge in [0.2, 0.25) is 16.5 Å². The van der Waals surface area contributed by atoms with Crippen LogP contribution in [0.25, 0.3) is 0 Å². The summed E-state index contributed by atoms with van der Waals surface area (Å²) in [4.78, 5) is 34.1. The molecule has 0 radical (unpaired) electrons. The molecular weight excluding hydrogens is 688 g/mol. The van der Waals surface area contributed by atoms with Crippen LogP contribution in [0.1, 0.15) is 0 Å². The van der Waals surface area contributed by atoms with Gasteiger partial charge in [0, 0.05) is 5.69 Å². The molecule has 208 valence electrons. The van der Waals surface area contributed by atoms with E-state index in [1.807, 2.05) is 0 Å². The molecule has 1 N–H and O–H groups in total. The number of carboxylic acids is 1. The van der Waals surface area contributed by atoms with E-state index in [1.54, 1.807) is 0 Å². The van der Waals surface area contributed by atoms with E-state index in [-0.39, 0.29) is 117 Å². The molecule has 0 saturated carbocycles. The number of azo groups is 1. The van der Waals surface area contributed by atoms with E-state index in [4.69, 9.17) is 23.2 Å². The Bertz CT molecular complexity index is 1810. The standard InChI is InChI=1S/C19H12Cl2N8O9S2.3Na/c20-17-23-18(21)25-19(24-17)22-8-1-6-12(40(36,37)38)11(7-8)26-27-13-14(16(31)32)28-29(15(13)30)9-2-4-10(5-3-9)39(33,34)35;;;/h1-7,13H,(H,31,32)(H,33,34,35)(H,36,37,38)(H,22,23,24,25);;;/q;3*+1/p-3. The molecule has 1 atom stereocenters. The van der Waals surface area contributed by atoms with Gasteiger partial charge < -0.3 is 24.3 Å². The number of nitrogens with one attached hydrogen (secondary N) is 1. The summed E-state index contributed by atoms with van der Waals surface area (Å²) in [5.74, 6) is -3.22. The second kappa shape index (κ2) is 15.9. The van der Waals surface area contributed by atoms with Crippen LogP contribution in [0.4, 0.5) is 23.0 Å². The van der Waals surface area contributed by atoms with Crippen molar-refractivity contribution in [2.45, 2.75) is 15.8 Å². The molecule has 0 spiro atoms. The summed E-state index contributed by atoms with van der Waals surface area (Å²) < 4.78 is 68.7. The molecule has 0 aliphatic carbocycles. The summed E-state index contributed by atoms with van der Waals surface area (Å²) >= 11 is 11.4. The predicted molar refractivity (Wildman–Crippen MR) is 130 cm³/mol. The van der Waals surface area contributed by atoms with Crippen LogP contribution in [0.5, 0.6) is 0 Å². The van der Waals surface area contributed by atoms with Crippen LogP contribution in [0.15, 0.2) is 67.6 Å². The Hall–Kier alpha value is -1.14. The predicted octanol–water partition coefficient (Wildman–Crippen LogP) is -8.65. The Morgan fingerprint density at radius 1 is 0.907 bits per heavy atom. The van der Waals surface area contributed by atoms with Crippen molar-refractivity contribution >= 4 is 84.0 Å². The van der Waals surface area contributed by atoms with Gasteiger partial charge in [-0.15, -0.1) is 0 Å². The minimum absolute atomic E-state index is 0. The molecule has 0 saturated heterocycles. The minimum Gasteiger partial charge on any atom is -0.744 e. The third-order valence-electron chi connectivity index (χ3n) is 4.83. The average Bonchev–Trinajstić information content (AvgIpc) is 3.17. The van der Waals surface area contributed by atoms with Crippen molar-refractivity contribution in [1.29, 1.82) is 0 Å². The van der Waals surface area contributed by atoms with Crippen LogP contribution < -0.4 is 104 Å². The number of benzene rings is 2. The molecule has 4 rings (SSSR count). The Morgan fingerprint density at radius 2 is 1.49 bits per heavy atom. The van der Waals surface area contributed by atoms with Gasteiger partial charge in [-0.05, 0) is 65.7 Å². The molecule has 2 aromatic carbocycles. The normalized spacial score (nSPS) is 14.8. The number of carboxylic acid groups (broad SMARTS) is 1. The number of carbonyl (C=O) groups is 2. The fourth-order valence-electron chi connectivity index (χ4n) is 3.16. The van der Waals surface area contributed by atoms with Gasteiger partial charge in [0.25, 0.3) is 5.91 Å². The van der Waals surface area contributed by atoms with Gasteiger partial charge in [-0.3, -0.25) is 4.79 Å². The number of carbonyl (C=O) groups excluding carboxylic acids is 2. The van der Waals surface area contributed by atoms with Crippen LogP contribution in [-0.4, -0.2) is 64.5 Å². The monoisotopic (exact) mass is 696 g/mol. The van der Waals surface area contributed by atoms with E-state index in [2.05, 4.69) is 35.6 Å². The number of hydrazone groups is 1. The van der Waals surface area contributed by atoms with E-state index < -0.39 is 59.3 Å². The number of nitrogens with zero attached hydrogens (tertiary/aromatic N) is 7. The van der Waals surface area contributed by atoms with E-state index in [1.165, 1.54) is 0 Å². The maximum absolute atomic E-state index is 12.9. The van der Waals surface area contributed by atoms with Crippen LogP contribution >= 0.6 is 23.2 Å². The van der Waals surface area contributed by atoms with Gasteiger partial charge in [-0.25, -0.2) is 16.8 Å². The summed E-state index contributed by atoms with van der Waals surface area (Å²) in [5.41, 5.74) is -1.65. The van der Waals surface area contributed by atoms with Gasteiger partial charge in [0.1, 0.15) is 31.6 Å². The van der Waals surface area contributed by atoms with Crippen molar-refractivity contribution in [3.8, 4) is 0 Å². The number of hydrogen-bond acceptors (Lipinski definition) is 16. The van der Waals surface area contributed by atoms with Gasteiger partial charge in [-0.2, -0.15) is 35.3 Å². The Kier molecular flexibility index (Phi) is 14.8. The van der Waals surface area contributed by atoms with E-state index >= 15 is 0 Å². The third kappa shape index (κ3) is 9.92. The number of rotatable bonds is 8. The quantitative estimate of drug-likeness (QED) is 0.130. The van der Waals surface area contributed by atoms with Gasteiger partial charge >= 0.3 is 88.7 Å². The summed E-state index contributed by atoms with van der Waals surface area (Å²) in [7, 11) is -9.95. The number of hydrogen-bond donors (Lipinski definition) is 1. The smallest absolute Gasteiger partial charge is 0.744 e.